The highest BCUT2D eigenvalue weighted by Crippen LogP contribution is 2.26. The van der Waals surface area contributed by atoms with Gasteiger partial charge in [0, 0.05) is 0 Å². The van der Waals surface area contributed by atoms with Crippen LogP contribution < -0.4 is 9.47 Å². The number of benzene rings is 2. The molecule has 0 saturated carbocycles. The molecule has 4 nitrogen and oxygen atoms in total. The molecule has 0 heterocycles. The summed E-state index contributed by atoms with van der Waals surface area (Å²) in [4.78, 5) is 10.9. The van der Waals surface area contributed by atoms with Crippen molar-refractivity contribution in [1.29, 1.82) is 0 Å². The second-order valence-corrected chi connectivity index (χ2v) is 4.93. The van der Waals surface area contributed by atoms with E-state index in [2.05, 4.69) is 15.9 Å². The number of hydrogen-bond donors (Lipinski definition) is 1. The zero-order chi connectivity index (χ0) is 15.2. The summed E-state index contributed by atoms with van der Waals surface area (Å²) in [7, 11) is 0. The molecule has 2 rings (SSSR count). The normalized spacial score (nSPS) is 10.2. The second kappa shape index (κ2) is 7.08. The molecule has 110 valence electrons. The molecule has 0 aliphatic rings. The second-order valence-electron chi connectivity index (χ2n) is 4.08. The number of hydrogen-bond acceptors (Lipinski definition) is 3. The molecule has 2 aromatic rings. The smallest absolute Gasteiger partial charge is 0.335 e. The lowest BCUT2D eigenvalue weighted by Crippen LogP contribution is -2.10. The van der Waals surface area contributed by atoms with Crippen molar-refractivity contribution < 1.29 is 23.8 Å². The average Bonchev–Trinajstić information content (AvgIpc) is 2.46. The molecule has 21 heavy (non-hydrogen) atoms. The van der Waals surface area contributed by atoms with Crippen molar-refractivity contribution in [2.45, 2.75) is 0 Å². The monoisotopic (exact) mass is 354 g/mol. The Morgan fingerprint density at radius 1 is 1.10 bits per heavy atom. The number of ether oxygens (including phenoxy) is 2. The highest BCUT2D eigenvalue weighted by molar-refractivity contribution is 9.10. The van der Waals surface area contributed by atoms with Crippen LogP contribution in [-0.2, 0) is 0 Å². The summed E-state index contributed by atoms with van der Waals surface area (Å²) in [6, 6.07) is 10.6. The molecule has 0 unspecified atom stereocenters. The lowest BCUT2D eigenvalue weighted by atomic mass is 10.2. The molecule has 0 aliphatic carbocycles. The van der Waals surface area contributed by atoms with Gasteiger partial charge in [0.2, 0.25) is 0 Å². The van der Waals surface area contributed by atoms with Crippen LogP contribution in [0.5, 0.6) is 11.5 Å². The number of aromatic carboxylic acids is 1. The first-order valence-electron chi connectivity index (χ1n) is 6.11. The average molecular weight is 355 g/mol. The van der Waals surface area contributed by atoms with Gasteiger partial charge in [0.25, 0.3) is 0 Å². The van der Waals surface area contributed by atoms with Gasteiger partial charge in [0.15, 0.2) is 11.6 Å². The van der Waals surface area contributed by atoms with Gasteiger partial charge in [0.05, 0.1) is 10.0 Å². The van der Waals surface area contributed by atoms with Crippen LogP contribution in [0.3, 0.4) is 0 Å². The minimum absolute atomic E-state index is 0.128. The minimum Gasteiger partial charge on any atom is -0.489 e. The predicted octanol–water partition coefficient (Wildman–Crippen LogP) is 3.74. The molecular weight excluding hydrogens is 343 g/mol. The number of carboxylic acid groups (broad SMARTS) is 1. The van der Waals surface area contributed by atoms with Crippen molar-refractivity contribution in [1.82, 2.24) is 0 Å². The van der Waals surface area contributed by atoms with E-state index in [0.29, 0.717) is 10.2 Å². The molecule has 0 bridgehead atoms. The summed E-state index contributed by atoms with van der Waals surface area (Å²) in [6.07, 6.45) is 0. The van der Waals surface area contributed by atoms with Gasteiger partial charge in [0.1, 0.15) is 19.0 Å². The summed E-state index contributed by atoms with van der Waals surface area (Å²) in [6.45, 7) is 0.306. The topological polar surface area (TPSA) is 55.8 Å². The van der Waals surface area contributed by atoms with Gasteiger partial charge in [-0.1, -0.05) is 12.1 Å². The zero-order valence-electron chi connectivity index (χ0n) is 10.9. The van der Waals surface area contributed by atoms with E-state index >= 15 is 0 Å². The Hall–Kier alpha value is -2.08. The third-order valence-electron chi connectivity index (χ3n) is 2.61. The molecule has 0 radical (unpaired) electrons. The quantitative estimate of drug-likeness (QED) is 0.802. The van der Waals surface area contributed by atoms with E-state index < -0.39 is 11.8 Å². The first-order chi connectivity index (χ1) is 10.1. The van der Waals surface area contributed by atoms with Crippen molar-refractivity contribution >= 4 is 21.9 Å². The van der Waals surface area contributed by atoms with Crippen LogP contribution in [0.4, 0.5) is 4.39 Å². The van der Waals surface area contributed by atoms with Crippen LogP contribution in [0.1, 0.15) is 10.4 Å². The summed E-state index contributed by atoms with van der Waals surface area (Å²) in [5.74, 6) is -0.923. The third-order valence-corrected chi connectivity index (χ3v) is 3.27. The Labute approximate surface area is 129 Å². The fourth-order valence-corrected chi connectivity index (χ4v) is 1.97. The molecule has 0 aromatic heterocycles. The molecule has 0 spiro atoms. The van der Waals surface area contributed by atoms with Crippen LogP contribution in [0.25, 0.3) is 0 Å². The standard InChI is InChI=1S/C15H12BrFO4/c16-11-6-5-10(15(18)19)9-14(11)21-8-7-20-13-4-2-1-3-12(13)17/h1-6,9H,7-8H2,(H,18,19). The van der Waals surface area contributed by atoms with Crippen LogP contribution in [-0.4, -0.2) is 24.3 Å². The van der Waals surface area contributed by atoms with Crippen LogP contribution >= 0.6 is 15.9 Å². The summed E-state index contributed by atoms with van der Waals surface area (Å²) >= 11 is 3.27. The molecule has 6 heteroatoms. The van der Waals surface area contributed by atoms with Gasteiger partial charge in [-0.2, -0.15) is 0 Å². The highest BCUT2D eigenvalue weighted by Gasteiger charge is 2.08. The van der Waals surface area contributed by atoms with E-state index in [0.717, 1.165) is 0 Å². The minimum atomic E-state index is -1.03. The van der Waals surface area contributed by atoms with E-state index in [4.69, 9.17) is 14.6 Å². The SMILES string of the molecule is O=C(O)c1ccc(Br)c(OCCOc2ccccc2F)c1. The van der Waals surface area contributed by atoms with Crippen molar-refractivity contribution in [2.24, 2.45) is 0 Å². The first-order valence-corrected chi connectivity index (χ1v) is 6.90. The molecule has 0 aliphatic heterocycles. The lowest BCUT2D eigenvalue weighted by Gasteiger charge is -2.10. The van der Waals surface area contributed by atoms with Gasteiger partial charge >= 0.3 is 5.97 Å². The van der Waals surface area contributed by atoms with Gasteiger partial charge in [-0.25, -0.2) is 9.18 Å². The zero-order valence-corrected chi connectivity index (χ0v) is 12.5. The number of para-hydroxylation sites is 1. The number of carbonyl (C=O) groups is 1. The lowest BCUT2D eigenvalue weighted by molar-refractivity contribution is 0.0696. The summed E-state index contributed by atoms with van der Waals surface area (Å²) in [5.41, 5.74) is 0.128. The molecule has 0 fully saturated rings. The molecule has 1 N–H and O–H groups in total. The van der Waals surface area contributed by atoms with Crippen molar-refractivity contribution in [3.8, 4) is 11.5 Å². The maximum Gasteiger partial charge on any atom is 0.335 e. The van der Waals surface area contributed by atoms with E-state index in [1.54, 1.807) is 18.2 Å². The van der Waals surface area contributed by atoms with E-state index in [1.807, 2.05) is 0 Å². The van der Waals surface area contributed by atoms with E-state index in [1.165, 1.54) is 24.3 Å². The van der Waals surface area contributed by atoms with Gasteiger partial charge < -0.3 is 14.6 Å². The predicted molar refractivity (Wildman–Crippen MR) is 78.5 cm³/mol. The maximum atomic E-state index is 13.3. The fourth-order valence-electron chi connectivity index (χ4n) is 1.61. The van der Waals surface area contributed by atoms with Crippen molar-refractivity contribution in [3.63, 3.8) is 0 Å². The largest absolute Gasteiger partial charge is 0.489 e. The highest BCUT2D eigenvalue weighted by atomic mass is 79.9. The van der Waals surface area contributed by atoms with Crippen molar-refractivity contribution in [2.75, 3.05) is 13.2 Å². The Morgan fingerprint density at radius 2 is 1.76 bits per heavy atom. The number of carboxylic acids is 1. The fraction of sp³-hybridized carbons (Fsp3) is 0.133. The Bertz CT molecular complexity index is 645. The molecular formula is C15H12BrFO4. The van der Waals surface area contributed by atoms with Crippen LogP contribution in [0.15, 0.2) is 46.9 Å². The third kappa shape index (κ3) is 4.19. The van der Waals surface area contributed by atoms with Crippen LogP contribution in [0.2, 0.25) is 0 Å². The molecule has 2 aromatic carbocycles. The summed E-state index contributed by atoms with van der Waals surface area (Å²) < 4.78 is 24.6. The van der Waals surface area contributed by atoms with E-state index in [9.17, 15) is 9.18 Å². The summed E-state index contributed by atoms with van der Waals surface area (Å²) in [5, 5.41) is 8.91. The van der Waals surface area contributed by atoms with Crippen molar-refractivity contribution in [3.05, 3.63) is 58.3 Å². The van der Waals surface area contributed by atoms with Gasteiger partial charge in [-0.05, 0) is 46.3 Å². The van der Waals surface area contributed by atoms with Crippen LogP contribution in [0, 0.1) is 5.82 Å². The molecule has 0 atom stereocenters. The first kappa shape index (κ1) is 15.3. The Kier molecular flexibility index (Phi) is 5.16. The number of rotatable bonds is 6. The van der Waals surface area contributed by atoms with Gasteiger partial charge in [-0.15, -0.1) is 0 Å². The molecule has 0 saturated heterocycles. The Balaban J connectivity index is 1.90. The molecule has 0 amide bonds. The van der Waals surface area contributed by atoms with E-state index in [-0.39, 0.29) is 24.5 Å². The number of halogens is 2. The van der Waals surface area contributed by atoms with Gasteiger partial charge in [-0.3, -0.25) is 0 Å². The maximum absolute atomic E-state index is 13.3. The Morgan fingerprint density at radius 3 is 2.43 bits per heavy atom.